The molecular formula is C18H15NO2. The van der Waals surface area contributed by atoms with Crippen molar-refractivity contribution in [3.63, 3.8) is 0 Å². The van der Waals surface area contributed by atoms with E-state index in [4.69, 9.17) is 0 Å². The molecule has 0 saturated carbocycles. The highest BCUT2D eigenvalue weighted by molar-refractivity contribution is 6.14. The van der Waals surface area contributed by atoms with E-state index in [9.17, 15) is 9.59 Å². The number of allylic oxidation sites excluding steroid dienone is 2. The zero-order valence-corrected chi connectivity index (χ0v) is 11.5. The first-order chi connectivity index (χ1) is 10.3. The van der Waals surface area contributed by atoms with E-state index in [2.05, 4.69) is 0 Å². The molecule has 0 aliphatic carbocycles. The molecule has 1 heterocycles. The molecule has 0 aromatic heterocycles. The third-order valence-electron chi connectivity index (χ3n) is 3.38. The normalized spacial score (nSPS) is 13.9. The van der Waals surface area contributed by atoms with Gasteiger partial charge in [0.05, 0.1) is 5.70 Å². The number of carbonyl (C=O) groups is 2. The van der Waals surface area contributed by atoms with Crippen LogP contribution in [0, 0.1) is 0 Å². The smallest absolute Gasteiger partial charge is 0.209 e. The average molecular weight is 277 g/mol. The van der Waals surface area contributed by atoms with Gasteiger partial charge >= 0.3 is 0 Å². The minimum atomic E-state index is -0.137. The van der Waals surface area contributed by atoms with E-state index in [0.29, 0.717) is 16.8 Å². The predicted octanol–water partition coefficient (Wildman–Crippen LogP) is 2.95. The topological polar surface area (TPSA) is 37.1 Å². The van der Waals surface area contributed by atoms with Crippen molar-refractivity contribution in [2.45, 2.75) is 0 Å². The van der Waals surface area contributed by atoms with Gasteiger partial charge in [-0.2, -0.15) is 0 Å². The first-order valence-corrected chi connectivity index (χ1v) is 6.91. The molecule has 2 aromatic carbocycles. The summed E-state index contributed by atoms with van der Waals surface area (Å²) in [5, 5.41) is 0. The van der Waals surface area contributed by atoms with Crippen LogP contribution in [0.1, 0.15) is 20.7 Å². The third-order valence-corrected chi connectivity index (χ3v) is 3.38. The summed E-state index contributed by atoms with van der Waals surface area (Å²) in [4.78, 5) is 26.7. The molecule has 3 heteroatoms. The van der Waals surface area contributed by atoms with Crippen LogP contribution in [0.2, 0.25) is 0 Å². The first-order valence-electron chi connectivity index (χ1n) is 6.91. The average Bonchev–Trinajstić information content (AvgIpc) is 3.38. The Kier molecular flexibility index (Phi) is 3.65. The molecule has 1 aliphatic heterocycles. The Balaban J connectivity index is 1.90. The number of benzene rings is 2. The fraction of sp³-hybridized carbons (Fsp3) is 0.111. The number of Topliss-reactive ketones (excluding diaryl/α,β-unsaturated/α-hetero) is 1. The molecule has 1 saturated heterocycles. The van der Waals surface area contributed by atoms with Gasteiger partial charge in [0.1, 0.15) is 0 Å². The summed E-state index contributed by atoms with van der Waals surface area (Å²) >= 11 is 0. The zero-order valence-electron chi connectivity index (χ0n) is 11.5. The van der Waals surface area contributed by atoms with Crippen LogP contribution in [0.3, 0.4) is 0 Å². The van der Waals surface area contributed by atoms with Crippen LogP contribution in [0.25, 0.3) is 0 Å². The van der Waals surface area contributed by atoms with Gasteiger partial charge in [-0.05, 0) is 0 Å². The Bertz CT molecular complexity index is 686. The Labute approximate surface area is 123 Å². The lowest BCUT2D eigenvalue weighted by Crippen LogP contribution is -2.13. The molecule has 1 aliphatic rings. The van der Waals surface area contributed by atoms with Gasteiger partial charge < -0.3 is 4.90 Å². The van der Waals surface area contributed by atoms with E-state index >= 15 is 0 Å². The highest BCUT2D eigenvalue weighted by Crippen LogP contribution is 2.20. The van der Waals surface area contributed by atoms with E-state index in [-0.39, 0.29) is 11.6 Å². The second kappa shape index (κ2) is 5.75. The highest BCUT2D eigenvalue weighted by Gasteiger charge is 2.27. The molecule has 0 unspecified atom stereocenters. The molecular weight excluding hydrogens is 262 g/mol. The number of carbonyl (C=O) groups excluding carboxylic acids is 2. The van der Waals surface area contributed by atoms with Crippen molar-refractivity contribution in [1.82, 2.24) is 4.90 Å². The molecule has 1 fully saturated rings. The number of hydrogen-bond acceptors (Lipinski definition) is 3. The largest absolute Gasteiger partial charge is 0.365 e. The fourth-order valence-electron chi connectivity index (χ4n) is 2.14. The van der Waals surface area contributed by atoms with Crippen molar-refractivity contribution in [2.75, 3.05) is 13.1 Å². The van der Waals surface area contributed by atoms with Crippen LogP contribution in [0.4, 0.5) is 0 Å². The van der Waals surface area contributed by atoms with Crippen molar-refractivity contribution in [3.05, 3.63) is 83.6 Å². The summed E-state index contributed by atoms with van der Waals surface area (Å²) in [5.74, 6) is -0.237. The van der Waals surface area contributed by atoms with Crippen LogP contribution in [-0.2, 0) is 0 Å². The second-order valence-electron chi connectivity index (χ2n) is 4.94. The van der Waals surface area contributed by atoms with Crippen molar-refractivity contribution in [3.8, 4) is 0 Å². The van der Waals surface area contributed by atoms with Gasteiger partial charge in [-0.25, -0.2) is 0 Å². The zero-order chi connectivity index (χ0) is 14.7. The lowest BCUT2D eigenvalue weighted by Gasteiger charge is -2.08. The summed E-state index contributed by atoms with van der Waals surface area (Å²) in [5.41, 5.74) is 1.68. The number of hydrogen-bond donors (Lipinski definition) is 0. The molecule has 0 atom stereocenters. The summed E-state index contributed by atoms with van der Waals surface area (Å²) in [6.07, 6.45) is 1.46. The molecule has 3 nitrogen and oxygen atoms in total. The maximum absolute atomic E-state index is 12.5. The summed E-state index contributed by atoms with van der Waals surface area (Å²) in [6.45, 7) is 1.65. The van der Waals surface area contributed by atoms with Crippen molar-refractivity contribution in [1.29, 1.82) is 0 Å². The molecule has 2 aromatic rings. The summed E-state index contributed by atoms with van der Waals surface area (Å²) in [7, 11) is 0. The lowest BCUT2D eigenvalue weighted by atomic mass is 10.0. The van der Waals surface area contributed by atoms with E-state index in [1.165, 1.54) is 6.08 Å². The molecule has 0 amide bonds. The standard InChI is InChI=1S/C18H15NO2/c20-17(14-7-3-1-4-8-14)13-16(19-11-12-19)18(21)15-9-5-2-6-10-15/h1-10,13H,11-12H2. The SMILES string of the molecule is O=C(C=C(C(=O)c1ccccc1)N1CC1)c1ccccc1. The van der Waals surface area contributed by atoms with Crippen LogP contribution >= 0.6 is 0 Å². The van der Waals surface area contributed by atoms with Gasteiger partial charge in [-0.3, -0.25) is 9.59 Å². The third kappa shape index (κ3) is 3.08. The first kappa shape index (κ1) is 13.3. The molecule has 0 bridgehead atoms. The lowest BCUT2D eigenvalue weighted by molar-refractivity contribution is 0.0993. The quantitative estimate of drug-likeness (QED) is 0.479. The highest BCUT2D eigenvalue weighted by atomic mass is 16.1. The summed E-state index contributed by atoms with van der Waals surface area (Å²) < 4.78 is 0. The van der Waals surface area contributed by atoms with Gasteiger partial charge in [0.25, 0.3) is 0 Å². The van der Waals surface area contributed by atoms with E-state index in [1.54, 1.807) is 24.3 Å². The predicted molar refractivity (Wildman–Crippen MR) is 81.2 cm³/mol. The van der Waals surface area contributed by atoms with E-state index < -0.39 is 0 Å². The van der Waals surface area contributed by atoms with Crippen LogP contribution in [0.5, 0.6) is 0 Å². The number of nitrogens with zero attached hydrogens (tertiary/aromatic N) is 1. The van der Waals surface area contributed by atoms with Gasteiger partial charge in [-0.15, -0.1) is 0 Å². The number of ketones is 2. The molecule has 0 radical (unpaired) electrons. The van der Waals surface area contributed by atoms with Gasteiger partial charge in [-0.1, -0.05) is 60.7 Å². The molecule has 0 N–H and O–H groups in total. The maximum atomic E-state index is 12.5. The van der Waals surface area contributed by atoms with Crippen LogP contribution in [0.15, 0.2) is 72.4 Å². The second-order valence-corrected chi connectivity index (χ2v) is 4.94. The molecule has 104 valence electrons. The Morgan fingerprint density at radius 3 is 1.86 bits per heavy atom. The fourth-order valence-corrected chi connectivity index (χ4v) is 2.14. The van der Waals surface area contributed by atoms with E-state index in [1.807, 2.05) is 41.3 Å². The van der Waals surface area contributed by atoms with Crippen molar-refractivity contribution in [2.24, 2.45) is 0 Å². The Hall–Kier alpha value is -2.68. The molecule has 3 rings (SSSR count). The van der Waals surface area contributed by atoms with Crippen LogP contribution in [-0.4, -0.2) is 29.6 Å². The van der Waals surface area contributed by atoms with Crippen LogP contribution < -0.4 is 0 Å². The van der Waals surface area contributed by atoms with Gasteiger partial charge in [0.2, 0.25) is 5.78 Å². The maximum Gasteiger partial charge on any atom is 0.209 e. The molecule has 21 heavy (non-hydrogen) atoms. The number of rotatable bonds is 5. The van der Waals surface area contributed by atoms with E-state index in [0.717, 1.165) is 13.1 Å². The van der Waals surface area contributed by atoms with Gasteiger partial charge in [0.15, 0.2) is 5.78 Å². The van der Waals surface area contributed by atoms with Gasteiger partial charge in [0, 0.05) is 30.3 Å². The monoisotopic (exact) mass is 277 g/mol. The van der Waals surface area contributed by atoms with Crippen molar-refractivity contribution < 1.29 is 9.59 Å². The minimum Gasteiger partial charge on any atom is -0.365 e. The Morgan fingerprint density at radius 1 is 0.810 bits per heavy atom. The summed E-state index contributed by atoms with van der Waals surface area (Å²) in [6, 6.07) is 18.1. The van der Waals surface area contributed by atoms with Crippen molar-refractivity contribution >= 4 is 11.6 Å². The minimum absolute atomic E-state index is 0.0996. The Morgan fingerprint density at radius 2 is 1.33 bits per heavy atom. The molecule has 0 spiro atoms.